The Labute approximate surface area is 130 Å². The van der Waals surface area contributed by atoms with Gasteiger partial charge in [-0.1, -0.05) is 25.4 Å². The van der Waals surface area contributed by atoms with Crippen LogP contribution < -0.4 is 5.32 Å². The van der Waals surface area contributed by atoms with Gasteiger partial charge >= 0.3 is 5.97 Å². The summed E-state index contributed by atoms with van der Waals surface area (Å²) in [6.45, 7) is 6.29. The Bertz CT molecular complexity index is 409. The van der Waals surface area contributed by atoms with Crippen molar-refractivity contribution in [3.63, 3.8) is 0 Å². The lowest BCUT2D eigenvalue weighted by molar-refractivity contribution is -0.145. The normalized spacial score (nSPS) is 12.4. The van der Waals surface area contributed by atoms with Crippen molar-refractivity contribution in [2.24, 2.45) is 0 Å². The highest BCUT2D eigenvalue weighted by Gasteiger charge is 2.19. The molecule has 1 aromatic rings. The lowest BCUT2D eigenvalue weighted by atomic mass is 10.2. The molecule has 0 saturated carbocycles. The van der Waals surface area contributed by atoms with Gasteiger partial charge in [-0.15, -0.1) is 11.8 Å². The highest BCUT2D eigenvalue weighted by atomic mass is 35.5. The summed E-state index contributed by atoms with van der Waals surface area (Å²) < 4.78 is 5.10. The summed E-state index contributed by atoms with van der Waals surface area (Å²) in [4.78, 5) is 13.0. The van der Waals surface area contributed by atoms with Gasteiger partial charge in [0, 0.05) is 21.7 Å². The first-order chi connectivity index (χ1) is 9.52. The molecular weight excluding hydrogens is 294 g/mol. The van der Waals surface area contributed by atoms with E-state index in [9.17, 15) is 4.79 Å². The molecule has 0 aliphatic rings. The van der Waals surface area contributed by atoms with Crippen molar-refractivity contribution in [3.8, 4) is 0 Å². The first kappa shape index (κ1) is 17.3. The molecule has 0 aromatic heterocycles. The fraction of sp³-hybridized carbons (Fsp3) is 0.533. The number of halogens is 1. The highest BCUT2D eigenvalue weighted by Crippen LogP contribution is 2.21. The van der Waals surface area contributed by atoms with Crippen molar-refractivity contribution in [3.05, 3.63) is 29.3 Å². The SMILES string of the molecule is CCOC(=O)C(CCSc1ccc(Cl)cc1)NC(C)C. The number of thioether (sulfide) groups is 1. The highest BCUT2D eigenvalue weighted by molar-refractivity contribution is 7.99. The molecule has 3 nitrogen and oxygen atoms in total. The standard InChI is InChI=1S/C15H22ClNO2S/c1-4-19-15(18)14(17-11(2)3)9-10-20-13-7-5-12(16)6-8-13/h5-8,11,14,17H,4,9-10H2,1-3H3. The summed E-state index contributed by atoms with van der Waals surface area (Å²) in [5, 5.41) is 3.99. The minimum atomic E-state index is -0.241. The van der Waals surface area contributed by atoms with Crippen LogP contribution in [0, 0.1) is 0 Å². The molecule has 1 aromatic carbocycles. The van der Waals surface area contributed by atoms with Crippen LogP contribution in [0.4, 0.5) is 0 Å². The zero-order valence-electron chi connectivity index (χ0n) is 12.2. The molecule has 0 aliphatic carbocycles. The van der Waals surface area contributed by atoms with Crippen LogP contribution in [0.25, 0.3) is 0 Å². The molecule has 1 atom stereocenters. The Morgan fingerprint density at radius 1 is 1.35 bits per heavy atom. The van der Waals surface area contributed by atoms with E-state index in [-0.39, 0.29) is 18.1 Å². The summed E-state index contributed by atoms with van der Waals surface area (Å²) in [6, 6.07) is 7.74. The number of hydrogen-bond donors (Lipinski definition) is 1. The van der Waals surface area contributed by atoms with E-state index in [0.29, 0.717) is 6.61 Å². The molecule has 0 aliphatic heterocycles. The number of ether oxygens (including phenoxy) is 1. The molecule has 1 N–H and O–H groups in total. The molecule has 0 amide bonds. The topological polar surface area (TPSA) is 38.3 Å². The number of hydrogen-bond acceptors (Lipinski definition) is 4. The van der Waals surface area contributed by atoms with Crippen molar-refractivity contribution in [2.45, 2.75) is 44.2 Å². The maximum atomic E-state index is 11.9. The Morgan fingerprint density at radius 3 is 2.55 bits per heavy atom. The number of carbonyl (C=O) groups excluding carboxylic acids is 1. The van der Waals surface area contributed by atoms with E-state index in [1.165, 1.54) is 0 Å². The van der Waals surface area contributed by atoms with Crippen molar-refractivity contribution in [2.75, 3.05) is 12.4 Å². The third-order valence-electron chi connectivity index (χ3n) is 2.59. The van der Waals surface area contributed by atoms with Gasteiger partial charge in [0.2, 0.25) is 0 Å². The summed E-state index contributed by atoms with van der Waals surface area (Å²) in [6.07, 6.45) is 0.740. The Hall–Kier alpha value is -0.710. The lowest BCUT2D eigenvalue weighted by Crippen LogP contribution is -2.42. The summed E-state index contributed by atoms with van der Waals surface area (Å²) in [5.41, 5.74) is 0. The molecule has 5 heteroatoms. The van der Waals surface area contributed by atoms with E-state index in [0.717, 1.165) is 22.1 Å². The predicted molar refractivity (Wildman–Crippen MR) is 85.5 cm³/mol. The smallest absolute Gasteiger partial charge is 0.323 e. The summed E-state index contributed by atoms with van der Waals surface area (Å²) in [5.74, 6) is 0.683. The Balaban J connectivity index is 2.45. The fourth-order valence-corrected chi connectivity index (χ4v) is 2.78. The van der Waals surface area contributed by atoms with Crippen LogP contribution in [0.15, 0.2) is 29.2 Å². The Morgan fingerprint density at radius 2 is 2.00 bits per heavy atom. The lowest BCUT2D eigenvalue weighted by Gasteiger charge is -2.19. The quantitative estimate of drug-likeness (QED) is 0.585. The van der Waals surface area contributed by atoms with Gasteiger partial charge in [0.15, 0.2) is 0 Å². The van der Waals surface area contributed by atoms with Crippen LogP contribution in [-0.4, -0.2) is 30.4 Å². The maximum Gasteiger partial charge on any atom is 0.323 e. The van der Waals surface area contributed by atoms with Gasteiger partial charge in [0.1, 0.15) is 6.04 Å². The molecule has 1 rings (SSSR count). The third-order valence-corrected chi connectivity index (χ3v) is 3.89. The van der Waals surface area contributed by atoms with E-state index in [1.807, 2.05) is 45.0 Å². The van der Waals surface area contributed by atoms with Crippen LogP contribution in [0.1, 0.15) is 27.2 Å². The third kappa shape index (κ3) is 6.64. The van der Waals surface area contributed by atoms with Crippen LogP contribution in [0.3, 0.4) is 0 Å². The maximum absolute atomic E-state index is 11.9. The number of nitrogens with one attached hydrogen (secondary N) is 1. The second-order valence-corrected chi connectivity index (χ2v) is 6.32. The molecule has 0 radical (unpaired) electrons. The summed E-state index contributed by atoms with van der Waals surface area (Å²) >= 11 is 7.56. The minimum absolute atomic E-state index is 0.169. The predicted octanol–water partition coefficient (Wildman–Crippen LogP) is 3.75. The molecule has 0 heterocycles. The molecule has 0 spiro atoms. The van der Waals surface area contributed by atoms with Crippen molar-refractivity contribution in [1.29, 1.82) is 0 Å². The number of esters is 1. The van der Waals surface area contributed by atoms with Crippen molar-refractivity contribution in [1.82, 2.24) is 5.32 Å². The molecule has 0 saturated heterocycles. The van der Waals surface area contributed by atoms with Gasteiger partial charge < -0.3 is 10.1 Å². The molecule has 112 valence electrons. The molecule has 0 fully saturated rings. The van der Waals surface area contributed by atoms with E-state index in [2.05, 4.69) is 5.32 Å². The number of carbonyl (C=O) groups is 1. The molecule has 20 heavy (non-hydrogen) atoms. The first-order valence-electron chi connectivity index (χ1n) is 6.84. The van der Waals surface area contributed by atoms with Gasteiger partial charge in [-0.2, -0.15) is 0 Å². The molecule has 1 unspecified atom stereocenters. The van der Waals surface area contributed by atoms with Gasteiger partial charge in [-0.05, 0) is 37.6 Å². The van der Waals surface area contributed by atoms with E-state index < -0.39 is 0 Å². The zero-order chi connectivity index (χ0) is 15.0. The number of rotatable bonds is 8. The van der Waals surface area contributed by atoms with Crippen LogP contribution in [0.5, 0.6) is 0 Å². The minimum Gasteiger partial charge on any atom is -0.465 e. The summed E-state index contributed by atoms with van der Waals surface area (Å²) in [7, 11) is 0. The van der Waals surface area contributed by atoms with Crippen LogP contribution in [-0.2, 0) is 9.53 Å². The number of benzene rings is 1. The van der Waals surface area contributed by atoms with Crippen molar-refractivity contribution < 1.29 is 9.53 Å². The van der Waals surface area contributed by atoms with E-state index in [4.69, 9.17) is 16.3 Å². The molecule has 0 bridgehead atoms. The van der Waals surface area contributed by atoms with Gasteiger partial charge in [0.05, 0.1) is 6.61 Å². The van der Waals surface area contributed by atoms with Crippen molar-refractivity contribution >= 4 is 29.3 Å². The van der Waals surface area contributed by atoms with E-state index in [1.54, 1.807) is 11.8 Å². The zero-order valence-corrected chi connectivity index (χ0v) is 13.8. The largest absolute Gasteiger partial charge is 0.465 e. The second-order valence-electron chi connectivity index (χ2n) is 4.72. The fourth-order valence-electron chi connectivity index (χ4n) is 1.74. The average Bonchev–Trinajstić information content (AvgIpc) is 2.39. The average molecular weight is 316 g/mol. The van der Waals surface area contributed by atoms with Crippen LogP contribution in [0.2, 0.25) is 5.02 Å². The van der Waals surface area contributed by atoms with Gasteiger partial charge in [0.25, 0.3) is 0 Å². The van der Waals surface area contributed by atoms with Crippen LogP contribution >= 0.6 is 23.4 Å². The Kier molecular flexibility index (Phi) is 8.04. The van der Waals surface area contributed by atoms with Gasteiger partial charge in [-0.3, -0.25) is 4.79 Å². The second kappa shape index (κ2) is 9.27. The first-order valence-corrected chi connectivity index (χ1v) is 8.20. The monoisotopic (exact) mass is 315 g/mol. The van der Waals surface area contributed by atoms with E-state index >= 15 is 0 Å². The molecular formula is C15H22ClNO2S. The van der Waals surface area contributed by atoms with Gasteiger partial charge in [-0.25, -0.2) is 0 Å².